The largest absolute Gasteiger partial charge is 0.493 e. The Morgan fingerprint density at radius 3 is 2.65 bits per heavy atom. The Hall–Kier alpha value is -2.47. The maximum Gasteiger partial charge on any atom is 0.122 e. The van der Waals surface area contributed by atoms with Gasteiger partial charge in [0.05, 0.1) is 6.61 Å². The van der Waals surface area contributed by atoms with E-state index in [1.54, 1.807) is 24.3 Å². The van der Waals surface area contributed by atoms with Gasteiger partial charge in [0, 0.05) is 46.0 Å². The number of aromatic amines is 1. The summed E-state index contributed by atoms with van der Waals surface area (Å²) in [7, 11) is 0. The first-order chi connectivity index (χ1) is 15.3. The molecule has 0 atom stereocenters. The van der Waals surface area contributed by atoms with Crippen molar-refractivity contribution in [2.45, 2.75) is 30.6 Å². The number of halogens is 1. The number of fused-ring (bicyclic) bond motifs is 1. The molecule has 0 bridgehead atoms. The summed E-state index contributed by atoms with van der Waals surface area (Å²) in [4.78, 5) is 8.54. The number of ether oxygens (including phenoxy) is 1. The first-order valence-corrected chi connectivity index (χ1v) is 11.7. The molecule has 6 heteroatoms. The van der Waals surface area contributed by atoms with Gasteiger partial charge < -0.3 is 9.72 Å². The number of aromatic nitrogens is 2. The van der Waals surface area contributed by atoms with E-state index in [2.05, 4.69) is 45.2 Å². The molecule has 4 aromatic rings. The summed E-state index contributed by atoms with van der Waals surface area (Å²) in [6, 6.07) is 18.5. The standard InChI is InChI=1S/C25H26ClN3OS/c26-21-7-10-25-24(17-21)20(18-28-25)4-1-13-29-31-23-8-5-19(6-9-23)3-2-16-30-22-11-14-27-15-12-22/h5-12,14-15,17-18,28-29H,1-4,13,16H2. The Morgan fingerprint density at radius 1 is 0.968 bits per heavy atom. The second kappa shape index (κ2) is 11.2. The molecule has 2 heterocycles. The fourth-order valence-corrected chi connectivity index (χ4v) is 4.33. The Bertz CT molecular complexity index is 1080. The Balaban J connectivity index is 1.13. The highest BCUT2D eigenvalue weighted by Crippen LogP contribution is 2.23. The van der Waals surface area contributed by atoms with Crippen LogP contribution in [0.1, 0.15) is 24.0 Å². The zero-order valence-corrected chi connectivity index (χ0v) is 18.9. The average Bonchev–Trinajstić information content (AvgIpc) is 3.20. The Kier molecular flexibility index (Phi) is 7.88. The van der Waals surface area contributed by atoms with Crippen molar-refractivity contribution < 1.29 is 4.74 Å². The van der Waals surface area contributed by atoms with Crippen LogP contribution >= 0.6 is 23.5 Å². The van der Waals surface area contributed by atoms with Crippen LogP contribution in [0.15, 0.2) is 78.1 Å². The summed E-state index contributed by atoms with van der Waals surface area (Å²) in [6.45, 7) is 1.66. The smallest absolute Gasteiger partial charge is 0.122 e. The first-order valence-electron chi connectivity index (χ1n) is 10.5. The quantitative estimate of drug-likeness (QED) is 0.203. The topological polar surface area (TPSA) is 49.9 Å². The van der Waals surface area contributed by atoms with E-state index in [1.165, 1.54) is 21.4 Å². The minimum atomic E-state index is 0.713. The molecular weight excluding hydrogens is 426 g/mol. The first kappa shape index (κ1) is 21.8. The van der Waals surface area contributed by atoms with Gasteiger partial charge in [-0.15, -0.1) is 0 Å². The van der Waals surface area contributed by atoms with Crippen LogP contribution in [-0.2, 0) is 12.8 Å². The number of aryl methyl sites for hydroxylation is 2. The molecule has 0 unspecified atom stereocenters. The summed E-state index contributed by atoms with van der Waals surface area (Å²) in [5, 5.41) is 2.01. The maximum absolute atomic E-state index is 6.13. The number of pyridine rings is 1. The molecule has 0 radical (unpaired) electrons. The van der Waals surface area contributed by atoms with Gasteiger partial charge in [0.1, 0.15) is 5.75 Å². The van der Waals surface area contributed by atoms with Gasteiger partial charge in [-0.3, -0.25) is 9.71 Å². The number of nitrogens with one attached hydrogen (secondary N) is 2. The lowest BCUT2D eigenvalue weighted by Gasteiger charge is -2.07. The third-order valence-corrected chi connectivity index (χ3v) is 6.19. The fraction of sp³-hybridized carbons (Fsp3) is 0.240. The highest BCUT2D eigenvalue weighted by molar-refractivity contribution is 7.97. The van der Waals surface area contributed by atoms with Gasteiger partial charge in [0.15, 0.2) is 0 Å². The molecule has 0 spiro atoms. The SMILES string of the molecule is Clc1ccc2[nH]cc(CCCNSc3ccc(CCCOc4ccncc4)cc3)c2c1. The van der Waals surface area contributed by atoms with E-state index >= 15 is 0 Å². The molecule has 0 aliphatic rings. The summed E-state index contributed by atoms with van der Waals surface area (Å²) in [5.41, 5.74) is 3.80. The van der Waals surface area contributed by atoms with Crippen molar-refractivity contribution in [3.63, 3.8) is 0 Å². The van der Waals surface area contributed by atoms with Crippen LogP contribution in [0, 0.1) is 0 Å². The van der Waals surface area contributed by atoms with Crippen molar-refractivity contribution in [1.29, 1.82) is 0 Å². The second-order valence-corrected chi connectivity index (χ2v) is 8.78. The third-order valence-electron chi connectivity index (χ3n) is 5.10. The van der Waals surface area contributed by atoms with Crippen LogP contribution in [0.4, 0.5) is 0 Å². The summed E-state index contributed by atoms with van der Waals surface area (Å²) in [5.74, 6) is 0.876. The zero-order valence-electron chi connectivity index (χ0n) is 17.3. The van der Waals surface area contributed by atoms with Crippen molar-refractivity contribution in [3.8, 4) is 5.75 Å². The molecule has 0 saturated carbocycles. The molecule has 4 rings (SSSR count). The molecule has 2 N–H and O–H groups in total. The van der Waals surface area contributed by atoms with Crippen molar-refractivity contribution in [3.05, 3.63) is 89.3 Å². The highest BCUT2D eigenvalue weighted by atomic mass is 35.5. The van der Waals surface area contributed by atoms with E-state index in [0.29, 0.717) is 6.61 Å². The third kappa shape index (κ3) is 6.50. The molecule has 4 nitrogen and oxygen atoms in total. The van der Waals surface area contributed by atoms with Crippen LogP contribution in [0.5, 0.6) is 5.75 Å². The molecule has 0 fully saturated rings. The zero-order chi connectivity index (χ0) is 21.3. The lowest BCUT2D eigenvalue weighted by molar-refractivity contribution is 0.310. The van der Waals surface area contributed by atoms with Crippen molar-refractivity contribution in [2.75, 3.05) is 13.2 Å². The number of hydrogen-bond donors (Lipinski definition) is 2. The van der Waals surface area contributed by atoms with Crippen LogP contribution in [0.3, 0.4) is 0 Å². The minimum absolute atomic E-state index is 0.713. The Morgan fingerprint density at radius 2 is 1.81 bits per heavy atom. The van der Waals surface area contributed by atoms with Crippen LogP contribution in [-0.4, -0.2) is 23.1 Å². The van der Waals surface area contributed by atoms with E-state index < -0.39 is 0 Å². The molecule has 0 saturated heterocycles. The van der Waals surface area contributed by atoms with E-state index in [9.17, 15) is 0 Å². The Labute approximate surface area is 192 Å². The predicted molar refractivity (Wildman–Crippen MR) is 130 cm³/mol. The van der Waals surface area contributed by atoms with E-state index in [1.807, 2.05) is 30.3 Å². The molecule has 2 aromatic heterocycles. The highest BCUT2D eigenvalue weighted by Gasteiger charge is 2.04. The van der Waals surface area contributed by atoms with E-state index in [4.69, 9.17) is 16.3 Å². The summed E-state index contributed by atoms with van der Waals surface area (Å²) >= 11 is 7.82. The van der Waals surface area contributed by atoms with Crippen LogP contribution < -0.4 is 9.46 Å². The van der Waals surface area contributed by atoms with Crippen LogP contribution in [0.25, 0.3) is 10.9 Å². The normalized spacial score (nSPS) is 11.1. The van der Waals surface area contributed by atoms with Gasteiger partial charge in [-0.2, -0.15) is 0 Å². The van der Waals surface area contributed by atoms with Gasteiger partial charge in [0.25, 0.3) is 0 Å². The van der Waals surface area contributed by atoms with Crippen LogP contribution in [0.2, 0.25) is 5.02 Å². The van der Waals surface area contributed by atoms with Crippen molar-refractivity contribution in [2.24, 2.45) is 0 Å². The lowest BCUT2D eigenvalue weighted by atomic mass is 10.1. The van der Waals surface area contributed by atoms with E-state index in [-0.39, 0.29) is 0 Å². The predicted octanol–water partition coefficient (Wildman–Crippen LogP) is 6.46. The average molecular weight is 452 g/mol. The molecule has 0 aliphatic heterocycles. The van der Waals surface area contributed by atoms with E-state index in [0.717, 1.165) is 48.5 Å². The monoisotopic (exact) mass is 451 g/mol. The lowest BCUT2D eigenvalue weighted by Crippen LogP contribution is -2.06. The maximum atomic E-state index is 6.13. The van der Waals surface area contributed by atoms with Gasteiger partial charge in [-0.05, 0) is 91.2 Å². The number of benzene rings is 2. The molecule has 0 amide bonds. The van der Waals surface area contributed by atoms with Gasteiger partial charge in [0.2, 0.25) is 0 Å². The van der Waals surface area contributed by atoms with Gasteiger partial charge in [-0.1, -0.05) is 23.7 Å². The molecule has 31 heavy (non-hydrogen) atoms. The van der Waals surface area contributed by atoms with Gasteiger partial charge in [-0.25, -0.2) is 0 Å². The van der Waals surface area contributed by atoms with Crippen molar-refractivity contribution >= 4 is 34.5 Å². The molecule has 2 aromatic carbocycles. The molecular formula is C25H26ClN3OS. The van der Waals surface area contributed by atoms with Crippen molar-refractivity contribution in [1.82, 2.24) is 14.7 Å². The molecule has 160 valence electrons. The summed E-state index contributed by atoms with van der Waals surface area (Å²) in [6.07, 6.45) is 9.69. The van der Waals surface area contributed by atoms with Gasteiger partial charge >= 0.3 is 0 Å². The number of nitrogens with zero attached hydrogens (tertiary/aromatic N) is 1. The fourth-order valence-electron chi connectivity index (χ4n) is 3.47. The minimum Gasteiger partial charge on any atom is -0.493 e. The number of rotatable bonds is 11. The molecule has 0 aliphatic carbocycles. The second-order valence-electron chi connectivity index (χ2n) is 7.38. The number of H-pyrrole nitrogens is 1. The number of hydrogen-bond acceptors (Lipinski definition) is 4. The summed E-state index contributed by atoms with van der Waals surface area (Å²) < 4.78 is 9.19.